The molecule has 34 heavy (non-hydrogen) atoms. The van der Waals surface area contributed by atoms with Gasteiger partial charge in [-0.05, 0) is 48.0 Å². The van der Waals surface area contributed by atoms with Gasteiger partial charge in [-0.3, -0.25) is 0 Å². The summed E-state index contributed by atoms with van der Waals surface area (Å²) in [6, 6.07) is 10.9. The number of hydrogen-bond donors (Lipinski definition) is 1. The zero-order chi connectivity index (χ0) is 24.9. The van der Waals surface area contributed by atoms with E-state index in [-0.39, 0.29) is 11.7 Å². The van der Waals surface area contributed by atoms with Crippen LogP contribution >= 0.6 is 23.2 Å². The van der Waals surface area contributed by atoms with Gasteiger partial charge in [0.25, 0.3) is 0 Å². The molecule has 2 N–H and O–H groups in total. The van der Waals surface area contributed by atoms with E-state index in [1.54, 1.807) is 24.3 Å². The predicted molar refractivity (Wildman–Crippen MR) is 138 cm³/mol. The third-order valence-electron chi connectivity index (χ3n) is 5.82. The number of sulfone groups is 1. The zero-order valence-electron chi connectivity index (χ0n) is 20.0. The first kappa shape index (κ1) is 27.4. The normalized spacial score (nSPS) is 17.1. The molecule has 2 aromatic rings. The molecule has 1 aliphatic rings. The number of rotatable bonds is 11. The van der Waals surface area contributed by atoms with Crippen molar-refractivity contribution in [2.24, 2.45) is 11.1 Å². The second-order valence-electron chi connectivity index (χ2n) is 9.65. The average Bonchev–Trinajstić information content (AvgIpc) is 2.75. The number of fused-ring (bicyclic) bond motifs is 1. The Bertz CT molecular complexity index is 1090. The number of likely N-dealkylation sites (N-methyl/N-ethyl adjacent to an activating group) is 1. The minimum absolute atomic E-state index is 0.0219. The fraction of sp³-hybridized carbons (Fsp3) is 0.520. The Labute approximate surface area is 213 Å². The van der Waals surface area contributed by atoms with Crippen molar-refractivity contribution >= 4 is 33.0 Å². The minimum Gasteiger partial charge on any atom is -0.378 e. The Morgan fingerprint density at radius 3 is 2.59 bits per heavy atom. The SMILES string of the molecule is CN1Cc2c(Cl)cc(Cl)cc2[C@H](c2cccc(S(=O)(=O)CC(C)(C)COCCOCCN)c2)C1. The molecule has 0 bridgehead atoms. The van der Waals surface area contributed by atoms with Gasteiger partial charge in [-0.2, -0.15) is 0 Å². The molecule has 0 radical (unpaired) electrons. The van der Waals surface area contributed by atoms with Crippen molar-refractivity contribution in [2.75, 3.05) is 52.3 Å². The molecule has 1 heterocycles. The maximum Gasteiger partial charge on any atom is 0.178 e. The molecule has 0 saturated carbocycles. The Kier molecular flexibility index (Phi) is 9.43. The second kappa shape index (κ2) is 11.7. The van der Waals surface area contributed by atoms with Gasteiger partial charge in [-0.25, -0.2) is 8.42 Å². The topological polar surface area (TPSA) is 81.9 Å². The van der Waals surface area contributed by atoms with Crippen LogP contribution in [0.4, 0.5) is 0 Å². The molecule has 2 aromatic carbocycles. The summed E-state index contributed by atoms with van der Waals surface area (Å²) in [4.78, 5) is 2.50. The number of nitrogens with zero attached hydrogens (tertiary/aromatic N) is 1. The first-order valence-corrected chi connectivity index (χ1v) is 13.8. The lowest BCUT2D eigenvalue weighted by atomic mass is 9.85. The zero-order valence-corrected chi connectivity index (χ0v) is 22.3. The minimum atomic E-state index is -3.53. The average molecular weight is 530 g/mol. The van der Waals surface area contributed by atoms with Crippen LogP contribution in [0.25, 0.3) is 0 Å². The summed E-state index contributed by atoms with van der Waals surface area (Å²) in [5.41, 5.74) is 7.85. The van der Waals surface area contributed by atoms with E-state index >= 15 is 0 Å². The van der Waals surface area contributed by atoms with Crippen LogP contribution in [-0.2, 0) is 25.9 Å². The number of ether oxygens (including phenoxy) is 2. The quantitative estimate of drug-likeness (QED) is 0.436. The summed E-state index contributed by atoms with van der Waals surface area (Å²) in [5, 5.41) is 1.22. The molecule has 0 aliphatic carbocycles. The van der Waals surface area contributed by atoms with Gasteiger partial charge in [-0.1, -0.05) is 49.2 Å². The Morgan fingerprint density at radius 1 is 1.12 bits per heavy atom. The van der Waals surface area contributed by atoms with Crippen molar-refractivity contribution in [3.8, 4) is 0 Å². The third-order valence-corrected chi connectivity index (χ3v) is 8.51. The van der Waals surface area contributed by atoms with E-state index in [0.29, 0.717) is 47.9 Å². The molecule has 3 rings (SSSR count). The Morgan fingerprint density at radius 2 is 1.85 bits per heavy atom. The third kappa shape index (κ3) is 7.17. The smallest absolute Gasteiger partial charge is 0.178 e. The maximum absolute atomic E-state index is 13.3. The molecule has 0 unspecified atom stereocenters. The Hall–Kier alpha value is -1.19. The largest absolute Gasteiger partial charge is 0.378 e. The molecule has 0 fully saturated rings. The summed E-state index contributed by atoms with van der Waals surface area (Å²) in [6.07, 6.45) is 0. The summed E-state index contributed by atoms with van der Waals surface area (Å²) < 4.78 is 37.6. The van der Waals surface area contributed by atoms with Crippen molar-refractivity contribution in [2.45, 2.75) is 31.2 Å². The highest BCUT2D eigenvalue weighted by Crippen LogP contribution is 2.39. The first-order chi connectivity index (χ1) is 16.0. The van der Waals surface area contributed by atoms with Gasteiger partial charge >= 0.3 is 0 Å². The van der Waals surface area contributed by atoms with Gasteiger partial charge in [0, 0.05) is 41.0 Å². The van der Waals surface area contributed by atoms with Gasteiger partial charge in [0.05, 0.1) is 37.1 Å². The van der Waals surface area contributed by atoms with E-state index in [0.717, 1.165) is 29.8 Å². The van der Waals surface area contributed by atoms with Crippen molar-refractivity contribution in [1.82, 2.24) is 4.90 Å². The lowest BCUT2D eigenvalue weighted by Gasteiger charge is -2.33. The molecular formula is C25H34Cl2N2O4S. The highest BCUT2D eigenvalue weighted by Gasteiger charge is 2.30. The van der Waals surface area contributed by atoms with Crippen LogP contribution in [0.1, 0.15) is 36.5 Å². The van der Waals surface area contributed by atoms with Crippen LogP contribution in [0.2, 0.25) is 10.0 Å². The summed E-state index contributed by atoms with van der Waals surface area (Å²) in [6.45, 7) is 7.37. The van der Waals surface area contributed by atoms with E-state index in [1.165, 1.54) is 0 Å². The fourth-order valence-electron chi connectivity index (χ4n) is 4.35. The van der Waals surface area contributed by atoms with E-state index in [2.05, 4.69) is 4.90 Å². The number of halogens is 2. The highest BCUT2D eigenvalue weighted by molar-refractivity contribution is 7.91. The number of benzene rings is 2. The van der Waals surface area contributed by atoms with Crippen LogP contribution < -0.4 is 5.73 Å². The number of nitrogens with two attached hydrogens (primary N) is 1. The summed E-state index contributed by atoms with van der Waals surface area (Å²) in [5.74, 6) is -0.0451. The van der Waals surface area contributed by atoms with Crippen molar-refractivity contribution < 1.29 is 17.9 Å². The van der Waals surface area contributed by atoms with E-state index in [1.807, 2.05) is 33.0 Å². The predicted octanol–water partition coefficient (Wildman–Crippen LogP) is 4.36. The molecule has 0 saturated heterocycles. The molecule has 6 nitrogen and oxygen atoms in total. The van der Waals surface area contributed by atoms with Crippen LogP contribution in [0, 0.1) is 5.41 Å². The van der Waals surface area contributed by atoms with E-state index < -0.39 is 15.3 Å². The van der Waals surface area contributed by atoms with Crippen molar-refractivity contribution in [3.63, 3.8) is 0 Å². The fourth-order valence-corrected chi connectivity index (χ4v) is 6.80. The molecule has 188 valence electrons. The van der Waals surface area contributed by atoms with E-state index in [4.69, 9.17) is 38.4 Å². The molecule has 1 aliphatic heterocycles. The van der Waals surface area contributed by atoms with Gasteiger partial charge < -0.3 is 20.1 Å². The molecule has 0 spiro atoms. The molecule has 1 atom stereocenters. The van der Waals surface area contributed by atoms with Crippen molar-refractivity contribution in [3.05, 3.63) is 63.1 Å². The van der Waals surface area contributed by atoms with Gasteiger partial charge in [0.1, 0.15) is 0 Å². The van der Waals surface area contributed by atoms with Gasteiger partial charge in [0.15, 0.2) is 9.84 Å². The number of hydrogen-bond acceptors (Lipinski definition) is 6. The second-order valence-corrected chi connectivity index (χ2v) is 12.5. The van der Waals surface area contributed by atoms with Gasteiger partial charge in [0.2, 0.25) is 0 Å². The highest BCUT2D eigenvalue weighted by atomic mass is 35.5. The van der Waals surface area contributed by atoms with Crippen LogP contribution in [0.15, 0.2) is 41.3 Å². The van der Waals surface area contributed by atoms with Crippen LogP contribution in [0.3, 0.4) is 0 Å². The standard InChI is InChI=1S/C25H34Cl2N2O4S/c1-25(2,16-33-10-9-32-8-7-28)17-34(30,31)20-6-4-5-18(11-20)22-14-29(3)15-23-21(22)12-19(26)13-24(23)27/h4-6,11-13,22H,7-10,14-17,28H2,1-3H3/t22-/m0/s1. The monoisotopic (exact) mass is 528 g/mol. The lowest BCUT2D eigenvalue weighted by molar-refractivity contribution is 0.0221. The molecule has 0 amide bonds. The maximum atomic E-state index is 13.3. The Balaban J connectivity index is 1.77. The van der Waals surface area contributed by atoms with Crippen molar-refractivity contribution in [1.29, 1.82) is 0 Å². The first-order valence-electron chi connectivity index (χ1n) is 11.4. The van der Waals surface area contributed by atoms with Crippen LogP contribution in [-0.4, -0.2) is 65.6 Å². The lowest BCUT2D eigenvalue weighted by Crippen LogP contribution is -2.31. The summed E-state index contributed by atoms with van der Waals surface area (Å²) in [7, 11) is -1.50. The van der Waals surface area contributed by atoms with Gasteiger partial charge in [-0.15, -0.1) is 0 Å². The molecular weight excluding hydrogens is 495 g/mol. The molecule has 9 heteroatoms. The molecule has 0 aromatic heterocycles. The van der Waals surface area contributed by atoms with Crippen LogP contribution in [0.5, 0.6) is 0 Å². The van der Waals surface area contributed by atoms with E-state index in [9.17, 15) is 8.42 Å². The summed E-state index contributed by atoms with van der Waals surface area (Å²) >= 11 is 12.8.